The molecule has 0 aromatic carbocycles. The lowest BCUT2D eigenvalue weighted by molar-refractivity contribution is -0.640. The zero-order chi connectivity index (χ0) is 9.92. The van der Waals surface area contributed by atoms with E-state index in [1.54, 1.807) is 0 Å². The maximum Gasteiger partial charge on any atom is 0.364 e. The van der Waals surface area contributed by atoms with Crippen molar-refractivity contribution in [2.45, 2.75) is 37.9 Å². The van der Waals surface area contributed by atoms with E-state index in [4.69, 9.17) is 0 Å². The smallest absolute Gasteiger partial charge is 0.261 e. The van der Waals surface area contributed by atoms with Crippen molar-refractivity contribution in [3.8, 4) is 0 Å². The summed E-state index contributed by atoms with van der Waals surface area (Å²) in [5, 5.41) is 10.8. The summed E-state index contributed by atoms with van der Waals surface area (Å²) in [5.74, 6) is -1.47. The summed E-state index contributed by atoms with van der Waals surface area (Å²) in [6, 6.07) is 0. The monoisotopic (exact) mass is 199 g/mol. The summed E-state index contributed by atoms with van der Waals surface area (Å²) >= 11 is 0. The number of hydrogen-bond acceptors (Lipinski definition) is 2. The summed E-state index contributed by atoms with van der Waals surface area (Å²) in [7, 11) is 0. The molecule has 0 unspecified atom stereocenters. The van der Waals surface area contributed by atoms with Gasteiger partial charge < -0.3 is 0 Å². The lowest BCUT2D eigenvalue weighted by Crippen LogP contribution is -2.59. The molecule has 78 valence electrons. The van der Waals surface area contributed by atoms with Gasteiger partial charge in [0, 0.05) is 0 Å². The largest absolute Gasteiger partial charge is 0.364 e. The number of rotatable bonds is 1. The van der Waals surface area contributed by atoms with Crippen molar-refractivity contribution in [1.82, 2.24) is 0 Å². The van der Waals surface area contributed by atoms with Gasteiger partial charge in [-0.1, -0.05) is 0 Å². The van der Waals surface area contributed by atoms with Crippen molar-refractivity contribution in [3.63, 3.8) is 0 Å². The van der Waals surface area contributed by atoms with Crippen LogP contribution in [0, 0.1) is 33.8 Å². The standard InChI is InChI=1S/C10H14FNO2/c11-10(12(13)14)8-2-6-1-7(4-8)5-9(10)3-6/h6-9H,1-5H2. The summed E-state index contributed by atoms with van der Waals surface area (Å²) in [4.78, 5) is 10.2. The van der Waals surface area contributed by atoms with Crippen molar-refractivity contribution >= 4 is 0 Å². The quantitative estimate of drug-likeness (QED) is 0.369. The predicted octanol–water partition coefficient (Wildman–Crippen LogP) is 2.39. The van der Waals surface area contributed by atoms with E-state index in [2.05, 4.69) is 0 Å². The van der Waals surface area contributed by atoms with E-state index in [1.807, 2.05) is 0 Å². The molecule has 4 bridgehead atoms. The van der Waals surface area contributed by atoms with Crippen LogP contribution in [0.1, 0.15) is 32.1 Å². The maximum absolute atomic E-state index is 14.3. The minimum absolute atomic E-state index is 0.284. The highest BCUT2D eigenvalue weighted by Gasteiger charge is 2.66. The van der Waals surface area contributed by atoms with Gasteiger partial charge in [-0.25, -0.2) is 0 Å². The minimum Gasteiger partial charge on any atom is -0.261 e. The van der Waals surface area contributed by atoms with E-state index >= 15 is 0 Å². The average Bonchev–Trinajstić information content (AvgIpc) is 2.12. The van der Waals surface area contributed by atoms with Crippen LogP contribution in [0.5, 0.6) is 0 Å². The number of nitro groups is 1. The van der Waals surface area contributed by atoms with Gasteiger partial charge in [-0.2, -0.15) is 4.39 Å². The van der Waals surface area contributed by atoms with Crippen LogP contribution < -0.4 is 0 Å². The molecule has 4 aliphatic carbocycles. The Morgan fingerprint density at radius 2 is 1.50 bits per heavy atom. The molecule has 0 radical (unpaired) electrons. The van der Waals surface area contributed by atoms with E-state index in [-0.39, 0.29) is 11.8 Å². The lowest BCUT2D eigenvalue weighted by Gasteiger charge is -2.52. The van der Waals surface area contributed by atoms with Crippen molar-refractivity contribution in [3.05, 3.63) is 10.1 Å². The molecule has 0 heterocycles. The van der Waals surface area contributed by atoms with Gasteiger partial charge in [-0.3, -0.25) is 10.1 Å². The van der Waals surface area contributed by atoms with Crippen LogP contribution in [0.4, 0.5) is 4.39 Å². The molecule has 14 heavy (non-hydrogen) atoms. The van der Waals surface area contributed by atoms with Crippen LogP contribution in [0.2, 0.25) is 0 Å². The molecule has 0 N–H and O–H groups in total. The molecule has 4 aliphatic rings. The van der Waals surface area contributed by atoms with Gasteiger partial charge in [0.05, 0.1) is 16.8 Å². The Balaban J connectivity index is 1.98. The summed E-state index contributed by atoms with van der Waals surface area (Å²) < 4.78 is 14.3. The molecule has 4 saturated carbocycles. The van der Waals surface area contributed by atoms with E-state index in [0.29, 0.717) is 11.8 Å². The Morgan fingerprint density at radius 1 is 1.07 bits per heavy atom. The molecule has 0 amide bonds. The Morgan fingerprint density at radius 3 is 1.86 bits per heavy atom. The zero-order valence-corrected chi connectivity index (χ0v) is 7.99. The van der Waals surface area contributed by atoms with Crippen LogP contribution in [0.15, 0.2) is 0 Å². The highest BCUT2D eigenvalue weighted by atomic mass is 19.1. The third-order valence-corrected chi connectivity index (χ3v) is 4.56. The molecule has 4 rings (SSSR count). The second-order valence-electron chi connectivity index (χ2n) is 5.29. The zero-order valence-electron chi connectivity index (χ0n) is 7.99. The fraction of sp³-hybridized carbons (Fsp3) is 1.00. The summed E-state index contributed by atoms with van der Waals surface area (Å²) in [5.41, 5.74) is 0. The van der Waals surface area contributed by atoms with Gasteiger partial charge in [-0.05, 0) is 43.9 Å². The van der Waals surface area contributed by atoms with Gasteiger partial charge in [-0.15, -0.1) is 0 Å². The molecule has 4 fully saturated rings. The Labute approximate surface area is 81.8 Å². The molecule has 0 aromatic rings. The van der Waals surface area contributed by atoms with E-state index in [0.717, 1.165) is 25.7 Å². The number of alkyl halides is 1. The molecular formula is C10H14FNO2. The highest BCUT2D eigenvalue weighted by Crippen LogP contribution is 2.59. The lowest BCUT2D eigenvalue weighted by atomic mass is 9.53. The van der Waals surface area contributed by atoms with Crippen molar-refractivity contribution in [1.29, 1.82) is 0 Å². The fourth-order valence-corrected chi connectivity index (χ4v) is 4.14. The molecule has 0 spiro atoms. The van der Waals surface area contributed by atoms with Gasteiger partial charge in [0.25, 0.3) is 0 Å². The Hall–Kier alpha value is -0.670. The molecule has 4 heteroatoms. The van der Waals surface area contributed by atoms with Crippen molar-refractivity contribution < 1.29 is 9.31 Å². The maximum atomic E-state index is 14.3. The first-order valence-corrected chi connectivity index (χ1v) is 5.44. The second kappa shape index (κ2) is 2.47. The van der Waals surface area contributed by atoms with Crippen LogP contribution in [-0.2, 0) is 0 Å². The third-order valence-electron chi connectivity index (χ3n) is 4.56. The number of halogens is 1. The van der Waals surface area contributed by atoms with Crippen molar-refractivity contribution in [2.24, 2.45) is 23.7 Å². The second-order valence-corrected chi connectivity index (χ2v) is 5.29. The average molecular weight is 199 g/mol. The van der Waals surface area contributed by atoms with Gasteiger partial charge in [0.1, 0.15) is 0 Å². The SMILES string of the molecule is O=[N+]([O-])C1(F)C2CC3CC(C2)CC1C3. The molecule has 0 saturated heterocycles. The summed E-state index contributed by atoms with van der Waals surface area (Å²) in [6.45, 7) is 0. The minimum atomic E-state index is -2.08. The van der Waals surface area contributed by atoms with Crippen LogP contribution in [0.3, 0.4) is 0 Å². The van der Waals surface area contributed by atoms with E-state index < -0.39 is 10.7 Å². The number of nitrogens with zero attached hydrogens (tertiary/aromatic N) is 1. The Bertz CT molecular complexity index is 264. The molecule has 0 aliphatic heterocycles. The summed E-state index contributed by atoms with van der Waals surface area (Å²) in [6.07, 6.45) is 4.21. The van der Waals surface area contributed by atoms with Gasteiger partial charge in [0.15, 0.2) is 0 Å². The molecule has 3 nitrogen and oxygen atoms in total. The third kappa shape index (κ3) is 0.868. The van der Waals surface area contributed by atoms with Gasteiger partial charge in [0.2, 0.25) is 0 Å². The van der Waals surface area contributed by atoms with Crippen molar-refractivity contribution in [2.75, 3.05) is 0 Å². The molecular weight excluding hydrogens is 185 g/mol. The van der Waals surface area contributed by atoms with Crippen LogP contribution in [0.25, 0.3) is 0 Å². The first kappa shape index (κ1) is 8.62. The normalized spacial score (nSPS) is 54.9. The fourth-order valence-electron chi connectivity index (χ4n) is 4.14. The first-order chi connectivity index (χ1) is 6.60. The van der Waals surface area contributed by atoms with Gasteiger partial charge >= 0.3 is 5.79 Å². The topological polar surface area (TPSA) is 43.1 Å². The Kier molecular flexibility index (Phi) is 1.52. The number of hydrogen-bond donors (Lipinski definition) is 0. The van der Waals surface area contributed by atoms with E-state index in [1.165, 1.54) is 6.42 Å². The molecule has 0 aromatic heterocycles. The van der Waals surface area contributed by atoms with E-state index in [9.17, 15) is 14.5 Å². The van der Waals surface area contributed by atoms with Crippen LogP contribution >= 0.6 is 0 Å². The first-order valence-electron chi connectivity index (χ1n) is 5.44. The van der Waals surface area contributed by atoms with Crippen LogP contribution in [-0.4, -0.2) is 10.7 Å². The highest BCUT2D eigenvalue weighted by molar-refractivity contribution is 5.02. The predicted molar refractivity (Wildman–Crippen MR) is 47.9 cm³/mol. The molecule has 0 atom stereocenters.